The molecule has 3 aliphatic heterocycles. The lowest BCUT2D eigenvalue weighted by Crippen LogP contribution is -2.40. The van der Waals surface area contributed by atoms with Crippen molar-refractivity contribution in [2.24, 2.45) is 0 Å². The van der Waals surface area contributed by atoms with Crippen LogP contribution in [0.15, 0.2) is 18.2 Å². The SMILES string of the molecule is Fc1ccc(OC2CCN(c3nc4c(nc3N[C@@H]3CCOC3)CNCC4)CC2)c(F)c1. The monoisotopic (exact) mass is 431 g/mol. The normalized spacial score (nSPS) is 21.7. The van der Waals surface area contributed by atoms with Crippen LogP contribution in [0.4, 0.5) is 20.4 Å². The number of ether oxygens (including phenoxy) is 2. The second-order valence-corrected chi connectivity index (χ2v) is 8.30. The van der Waals surface area contributed by atoms with E-state index in [0.717, 1.165) is 87.6 Å². The fourth-order valence-electron chi connectivity index (χ4n) is 4.34. The van der Waals surface area contributed by atoms with Crippen molar-refractivity contribution in [2.45, 2.75) is 44.4 Å². The molecule has 0 aliphatic carbocycles. The summed E-state index contributed by atoms with van der Waals surface area (Å²) in [6.45, 7) is 4.54. The van der Waals surface area contributed by atoms with Crippen LogP contribution in [0.5, 0.6) is 5.75 Å². The van der Waals surface area contributed by atoms with Gasteiger partial charge in [-0.05, 0) is 18.6 Å². The van der Waals surface area contributed by atoms with Crippen molar-refractivity contribution in [3.8, 4) is 5.75 Å². The Hall–Kier alpha value is -2.52. The van der Waals surface area contributed by atoms with E-state index < -0.39 is 11.6 Å². The molecule has 1 aromatic carbocycles. The van der Waals surface area contributed by atoms with Crippen molar-refractivity contribution < 1.29 is 18.3 Å². The minimum absolute atomic E-state index is 0.101. The highest BCUT2D eigenvalue weighted by Crippen LogP contribution is 2.30. The zero-order chi connectivity index (χ0) is 21.2. The molecule has 2 fully saturated rings. The van der Waals surface area contributed by atoms with Gasteiger partial charge in [0.15, 0.2) is 23.2 Å². The summed E-state index contributed by atoms with van der Waals surface area (Å²) in [6.07, 6.45) is 3.15. The third-order valence-corrected chi connectivity index (χ3v) is 6.06. The highest BCUT2D eigenvalue weighted by molar-refractivity contribution is 5.63. The van der Waals surface area contributed by atoms with E-state index in [1.165, 1.54) is 12.1 Å². The molecular weight excluding hydrogens is 404 g/mol. The number of rotatable bonds is 5. The van der Waals surface area contributed by atoms with Crippen LogP contribution >= 0.6 is 0 Å². The number of hydrogen-bond donors (Lipinski definition) is 2. The van der Waals surface area contributed by atoms with Crippen LogP contribution in [-0.2, 0) is 17.7 Å². The van der Waals surface area contributed by atoms with Crippen molar-refractivity contribution in [2.75, 3.05) is 43.1 Å². The molecule has 31 heavy (non-hydrogen) atoms. The van der Waals surface area contributed by atoms with Crippen LogP contribution in [0.2, 0.25) is 0 Å². The molecule has 0 amide bonds. The topological polar surface area (TPSA) is 71.5 Å². The van der Waals surface area contributed by atoms with Crippen LogP contribution in [0, 0.1) is 11.6 Å². The quantitative estimate of drug-likeness (QED) is 0.754. The minimum Gasteiger partial charge on any atom is -0.487 e. The zero-order valence-corrected chi connectivity index (χ0v) is 17.4. The molecule has 0 radical (unpaired) electrons. The van der Waals surface area contributed by atoms with Crippen LogP contribution in [0.3, 0.4) is 0 Å². The molecule has 5 rings (SSSR count). The number of benzene rings is 1. The summed E-state index contributed by atoms with van der Waals surface area (Å²) < 4.78 is 38.4. The maximum absolute atomic E-state index is 13.9. The first-order valence-corrected chi connectivity index (χ1v) is 11.0. The molecule has 2 aromatic rings. The average molecular weight is 431 g/mol. The standard InChI is InChI=1S/C22H27F2N5O2/c23-14-1-2-20(17(24)11-14)31-16-4-8-29(9-5-16)22-21(26-15-6-10-30-13-15)27-19-12-25-7-3-18(19)28-22/h1-2,11,15-16,25H,3-10,12-13H2,(H,26,27)/t15-/m1/s1. The van der Waals surface area contributed by atoms with Gasteiger partial charge in [0, 0.05) is 58.1 Å². The number of anilines is 2. The number of halogens is 2. The van der Waals surface area contributed by atoms with Gasteiger partial charge in [-0.25, -0.2) is 18.7 Å². The summed E-state index contributed by atoms with van der Waals surface area (Å²) >= 11 is 0. The van der Waals surface area contributed by atoms with Crippen molar-refractivity contribution >= 4 is 11.6 Å². The predicted octanol–water partition coefficient (Wildman–Crippen LogP) is 2.65. The second kappa shape index (κ2) is 8.92. The maximum atomic E-state index is 13.9. The first kappa shape index (κ1) is 20.4. The summed E-state index contributed by atoms with van der Waals surface area (Å²) in [5, 5.41) is 6.89. The lowest BCUT2D eigenvalue weighted by atomic mass is 10.1. The lowest BCUT2D eigenvalue weighted by Gasteiger charge is -2.34. The van der Waals surface area contributed by atoms with E-state index in [2.05, 4.69) is 15.5 Å². The van der Waals surface area contributed by atoms with E-state index in [0.29, 0.717) is 6.61 Å². The summed E-state index contributed by atoms with van der Waals surface area (Å²) in [6, 6.07) is 3.67. The van der Waals surface area contributed by atoms with Crippen LogP contribution in [0.25, 0.3) is 0 Å². The van der Waals surface area contributed by atoms with Crippen molar-refractivity contribution in [3.05, 3.63) is 41.2 Å². The maximum Gasteiger partial charge on any atom is 0.172 e. The second-order valence-electron chi connectivity index (χ2n) is 8.30. The Morgan fingerprint density at radius 3 is 2.77 bits per heavy atom. The molecule has 166 valence electrons. The molecule has 4 heterocycles. The number of aromatic nitrogens is 2. The zero-order valence-electron chi connectivity index (χ0n) is 17.4. The molecule has 1 aromatic heterocycles. The number of piperidine rings is 1. The first-order chi connectivity index (χ1) is 15.2. The first-order valence-electron chi connectivity index (χ1n) is 11.0. The van der Waals surface area contributed by atoms with Gasteiger partial charge in [0.25, 0.3) is 0 Å². The fraction of sp³-hybridized carbons (Fsp3) is 0.545. The van der Waals surface area contributed by atoms with Crippen molar-refractivity contribution in [1.82, 2.24) is 15.3 Å². The minimum atomic E-state index is -0.665. The number of nitrogens with one attached hydrogen (secondary N) is 2. The Kier molecular flexibility index (Phi) is 5.87. The van der Waals surface area contributed by atoms with Gasteiger partial charge in [0.2, 0.25) is 0 Å². The molecule has 3 aliphatic rings. The Bertz CT molecular complexity index is 930. The molecule has 2 N–H and O–H groups in total. The van der Waals surface area contributed by atoms with Gasteiger partial charge in [-0.1, -0.05) is 0 Å². The Balaban J connectivity index is 1.30. The van der Waals surface area contributed by atoms with E-state index in [4.69, 9.17) is 19.4 Å². The van der Waals surface area contributed by atoms with Gasteiger partial charge < -0.3 is 25.0 Å². The smallest absolute Gasteiger partial charge is 0.172 e. The molecule has 9 heteroatoms. The fourth-order valence-corrected chi connectivity index (χ4v) is 4.34. The van der Waals surface area contributed by atoms with Crippen LogP contribution in [-0.4, -0.2) is 55.0 Å². The van der Waals surface area contributed by atoms with Gasteiger partial charge in [-0.3, -0.25) is 0 Å². The highest BCUT2D eigenvalue weighted by Gasteiger charge is 2.28. The van der Waals surface area contributed by atoms with E-state index in [1.54, 1.807) is 0 Å². The summed E-state index contributed by atoms with van der Waals surface area (Å²) in [7, 11) is 0. The average Bonchev–Trinajstić information content (AvgIpc) is 3.29. The molecule has 0 saturated carbocycles. The third kappa shape index (κ3) is 4.57. The lowest BCUT2D eigenvalue weighted by molar-refractivity contribution is 0.163. The number of hydrogen-bond acceptors (Lipinski definition) is 7. The van der Waals surface area contributed by atoms with Gasteiger partial charge in [0.1, 0.15) is 11.9 Å². The summed E-state index contributed by atoms with van der Waals surface area (Å²) in [5.74, 6) is 0.515. The van der Waals surface area contributed by atoms with Crippen molar-refractivity contribution in [1.29, 1.82) is 0 Å². The molecule has 0 unspecified atom stereocenters. The summed E-state index contributed by atoms with van der Waals surface area (Å²) in [5.41, 5.74) is 2.05. The Labute approximate surface area is 180 Å². The molecule has 0 bridgehead atoms. The van der Waals surface area contributed by atoms with Gasteiger partial charge in [-0.15, -0.1) is 0 Å². The molecule has 0 spiro atoms. The largest absolute Gasteiger partial charge is 0.487 e. The van der Waals surface area contributed by atoms with Crippen LogP contribution in [0.1, 0.15) is 30.7 Å². The van der Waals surface area contributed by atoms with E-state index >= 15 is 0 Å². The molecular formula is C22H27F2N5O2. The molecule has 7 nitrogen and oxygen atoms in total. The van der Waals surface area contributed by atoms with Crippen molar-refractivity contribution in [3.63, 3.8) is 0 Å². The highest BCUT2D eigenvalue weighted by atomic mass is 19.1. The van der Waals surface area contributed by atoms with E-state index in [9.17, 15) is 8.78 Å². The third-order valence-electron chi connectivity index (χ3n) is 6.06. The summed E-state index contributed by atoms with van der Waals surface area (Å²) in [4.78, 5) is 12.1. The number of nitrogens with zero attached hydrogens (tertiary/aromatic N) is 3. The van der Waals surface area contributed by atoms with Gasteiger partial charge in [0.05, 0.1) is 24.0 Å². The predicted molar refractivity (Wildman–Crippen MR) is 113 cm³/mol. The van der Waals surface area contributed by atoms with E-state index in [1.807, 2.05) is 0 Å². The molecule has 2 saturated heterocycles. The Morgan fingerprint density at radius 1 is 1.13 bits per heavy atom. The van der Waals surface area contributed by atoms with E-state index in [-0.39, 0.29) is 17.9 Å². The molecule has 1 atom stereocenters. The van der Waals surface area contributed by atoms with Crippen LogP contribution < -0.4 is 20.3 Å². The van der Waals surface area contributed by atoms with Gasteiger partial charge in [-0.2, -0.15) is 0 Å². The Morgan fingerprint density at radius 2 is 2.00 bits per heavy atom. The number of fused-ring (bicyclic) bond motifs is 1. The van der Waals surface area contributed by atoms with Gasteiger partial charge >= 0.3 is 0 Å².